The fourth-order valence-corrected chi connectivity index (χ4v) is 2.62. The predicted octanol–water partition coefficient (Wildman–Crippen LogP) is 3.97. The minimum atomic E-state index is -0.449. The molecule has 7 heteroatoms. The van der Waals surface area contributed by atoms with Gasteiger partial charge in [0.05, 0.1) is 11.0 Å². The van der Waals surface area contributed by atoms with E-state index in [1.807, 2.05) is 24.4 Å². The molecule has 0 fully saturated rings. The van der Waals surface area contributed by atoms with Gasteiger partial charge in [0.2, 0.25) is 0 Å². The Morgan fingerprint density at radius 1 is 1.45 bits per heavy atom. The lowest BCUT2D eigenvalue weighted by Crippen LogP contribution is -2.04. The summed E-state index contributed by atoms with van der Waals surface area (Å²) >= 11 is 1.64. The molecule has 1 N–H and O–H groups in total. The Hall–Kier alpha value is -2.41. The van der Waals surface area contributed by atoms with Crippen molar-refractivity contribution in [1.29, 1.82) is 0 Å². The van der Waals surface area contributed by atoms with Gasteiger partial charge in [0.1, 0.15) is 5.52 Å². The van der Waals surface area contributed by atoms with Crippen molar-refractivity contribution in [1.82, 2.24) is 4.98 Å². The average Bonchev–Trinajstić information content (AvgIpc) is 3.06. The molecule has 102 valence electrons. The summed E-state index contributed by atoms with van der Waals surface area (Å²) in [4.78, 5) is 15.7. The Bertz CT molecular complexity index is 751. The fourth-order valence-electron chi connectivity index (χ4n) is 1.89. The largest absolute Gasteiger partial charge is 0.424 e. The number of nitrogens with one attached hydrogen (secondary N) is 1. The molecule has 1 aromatic carbocycles. The molecule has 2 aromatic heterocycles. The zero-order valence-corrected chi connectivity index (χ0v) is 11.4. The number of nitrogens with zero attached hydrogens (tertiary/aromatic N) is 2. The summed E-state index contributed by atoms with van der Waals surface area (Å²) in [5.74, 6) is 0. The predicted molar refractivity (Wildman–Crippen MR) is 77.0 cm³/mol. The average molecular weight is 289 g/mol. The summed E-state index contributed by atoms with van der Waals surface area (Å²) in [7, 11) is 0. The van der Waals surface area contributed by atoms with Crippen molar-refractivity contribution < 1.29 is 9.34 Å². The van der Waals surface area contributed by atoms with Gasteiger partial charge in [0.25, 0.3) is 11.7 Å². The topological polar surface area (TPSA) is 81.2 Å². The molecule has 0 spiro atoms. The molecule has 3 aromatic rings. The van der Waals surface area contributed by atoms with Gasteiger partial charge in [-0.25, -0.2) is 0 Å². The first-order chi connectivity index (χ1) is 9.63. The zero-order valence-electron chi connectivity index (χ0n) is 10.6. The van der Waals surface area contributed by atoms with E-state index in [2.05, 4.69) is 10.3 Å². The first kappa shape index (κ1) is 12.6. The van der Waals surface area contributed by atoms with Crippen LogP contribution in [0.1, 0.15) is 17.8 Å². The number of fused-ring (bicyclic) bond motifs is 1. The number of anilines is 1. The molecule has 0 radical (unpaired) electrons. The lowest BCUT2D eigenvalue weighted by atomic mass is 10.3. The Balaban J connectivity index is 1.87. The molecule has 20 heavy (non-hydrogen) atoms. The molecule has 0 amide bonds. The van der Waals surface area contributed by atoms with Crippen molar-refractivity contribution in [2.24, 2.45) is 0 Å². The van der Waals surface area contributed by atoms with Gasteiger partial charge in [0, 0.05) is 17.0 Å². The Labute approximate surface area is 118 Å². The van der Waals surface area contributed by atoms with Crippen molar-refractivity contribution in [3.8, 4) is 0 Å². The Kier molecular flexibility index (Phi) is 3.11. The highest BCUT2D eigenvalue weighted by Gasteiger charge is 2.14. The number of hydrogen-bond donors (Lipinski definition) is 1. The molecule has 2 heterocycles. The zero-order chi connectivity index (χ0) is 14.1. The minimum absolute atomic E-state index is 0.00338. The summed E-state index contributed by atoms with van der Waals surface area (Å²) in [6.45, 7) is 2.00. The van der Waals surface area contributed by atoms with Gasteiger partial charge in [-0.3, -0.25) is 10.1 Å². The van der Waals surface area contributed by atoms with Crippen molar-refractivity contribution in [3.05, 3.63) is 50.7 Å². The van der Waals surface area contributed by atoms with Gasteiger partial charge in [-0.2, -0.15) is 4.98 Å². The van der Waals surface area contributed by atoms with Crippen LogP contribution < -0.4 is 5.32 Å². The summed E-state index contributed by atoms with van der Waals surface area (Å²) in [5, 5.41) is 15.9. The van der Waals surface area contributed by atoms with Crippen LogP contribution in [0.3, 0.4) is 0 Å². The van der Waals surface area contributed by atoms with E-state index in [4.69, 9.17) is 4.42 Å². The van der Waals surface area contributed by atoms with Crippen LogP contribution >= 0.6 is 11.3 Å². The van der Waals surface area contributed by atoms with Gasteiger partial charge in [-0.05, 0) is 24.4 Å². The van der Waals surface area contributed by atoms with Gasteiger partial charge < -0.3 is 9.73 Å². The summed E-state index contributed by atoms with van der Waals surface area (Å²) in [6.07, 6.45) is 0. The van der Waals surface area contributed by atoms with Gasteiger partial charge in [0.15, 0.2) is 5.58 Å². The van der Waals surface area contributed by atoms with Crippen LogP contribution in [0.5, 0.6) is 0 Å². The van der Waals surface area contributed by atoms with E-state index >= 15 is 0 Å². The highest BCUT2D eigenvalue weighted by molar-refractivity contribution is 7.10. The van der Waals surface area contributed by atoms with Crippen LogP contribution in [0.15, 0.2) is 40.1 Å². The number of hydrogen-bond acceptors (Lipinski definition) is 6. The summed E-state index contributed by atoms with van der Waals surface area (Å²) in [5.41, 5.74) is 1.00. The van der Waals surface area contributed by atoms with Gasteiger partial charge in [-0.15, -0.1) is 11.3 Å². The maximum absolute atomic E-state index is 10.7. The van der Waals surface area contributed by atoms with Crippen LogP contribution in [0.4, 0.5) is 11.7 Å². The first-order valence-electron chi connectivity index (χ1n) is 5.98. The molecular weight excluding hydrogens is 278 g/mol. The van der Waals surface area contributed by atoms with E-state index in [1.165, 1.54) is 17.0 Å². The molecule has 0 saturated carbocycles. The minimum Gasteiger partial charge on any atom is -0.424 e. The maximum Gasteiger partial charge on any atom is 0.296 e. The van der Waals surface area contributed by atoms with Crippen molar-refractivity contribution in [2.45, 2.75) is 13.0 Å². The lowest BCUT2D eigenvalue weighted by Gasteiger charge is -2.08. The third kappa shape index (κ3) is 2.35. The SMILES string of the molecule is CC(Nc1nc2cc([N+](=O)[O-])ccc2o1)c1cccs1. The van der Waals surface area contributed by atoms with Crippen LogP contribution in [0.25, 0.3) is 11.1 Å². The molecule has 1 unspecified atom stereocenters. The van der Waals surface area contributed by atoms with E-state index in [1.54, 1.807) is 17.4 Å². The molecule has 3 rings (SSSR count). The number of thiophene rings is 1. The molecule has 0 bridgehead atoms. The van der Waals surface area contributed by atoms with Crippen LogP contribution in [-0.4, -0.2) is 9.91 Å². The lowest BCUT2D eigenvalue weighted by molar-refractivity contribution is -0.384. The fraction of sp³-hybridized carbons (Fsp3) is 0.154. The second-order valence-corrected chi connectivity index (χ2v) is 5.29. The number of oxazole rings is 1. The standard InChI is InChI=1S/C13H11N3O3S/c1-8(12-3-2-6-20-12)14-13-15-10-7-9(16(17)18)4-5-11(10)19-13/h2-8H,1H3,(H,14,15). The summed E-state index contributed by atoms with van der Waals surface area (Å²) in [6, 6.07) is 8.80. The smallest absolute Gasteiger partial charge is 0.296 e. The van der Waals surface area contributed by atoms with Crippen molar-refractivity contribution in [2.75, 3.05) is 5.32 Å². The van der Waals surface area contributed by atoms with Gasteiger partial charge >= 0.3 is 0 Å². The van der Waals surface area contributed by atoms with E-state index in [0.29, 0.717) is 17.1 Å². The summed E-state index contributed by atoms with van der Waals surface area (Å²) < 4.78 is 5.53. The van der Waals surface area contributed by atoms with Gasteiger partial charge in [-0.1, -0.05) is 6.07 Å². The third-order valence-electron chi connectivity index (χ3n) is 2.89. The number of rotatable bonds is 4. The van der Waals surface area contributed by atoms with Crippen LogP contribution in [0, 0.1) is 10.1 Å². The van der Waals surface area contributed by atoms with Crippen molar-refractivity contribution >= 4 is 34.1 Å². The third-order valence-corrected chi connectivity index (χ3v) is 3.95. The van der Waals surface area contributed by atoms with E-state index in [0.717, 1.165) is 0 Å². The van der Waals surface area contributed by atoms with Crippen LogP contribution in [0.2, 0.25) is 0 Å². The van der Waals surface area contributed by atoms with E-state index < -0.39 is 4.92 Å². The number of nitro benzene ring substituents is 1. The van der Waals surface area contributed by atoms with E-state index in [-0.39, 0.29) is 11.7 Å². The first-order valence-corrected chi connectivity index (χ1v) is 6.86. The molecule has 0 aliphatic heterocycles. The Morgan fingerprint density at radius 2 is 2.30 bits per heavy atom. The van der Waals surface area contributed by atoms with E-state index in [9.17, 15) is 10.1 Å². The number of non-ortho nitro benzene ring substituents is 1. The monoisotopic (exact) mass is 289 g/mol. The second kappa shape index (κ2) is 4.93. The maximum atomic E-state index is 10.7. The number of nitro groups is 1. The molecule has 6 nitrogen and oxygen atoms in total. The Morgan fingerprint density at radius 3 is 3.00 bits per heavy atom. The molecule has 1 atom stereocenters. The molecule has 0 aliphatic carbocycles. The van der Waals surface area contributed by atoms with Crippen LogP contribution in [-0.2, 0) is 0 Å². The highest BCUT2D eigenvalue weighted by Crippen LogP contribution is 2.27. The number of benzene rings is 1. The molecular formula is C13H11N3O3S. The van der Waals surface area contributed by atoms with Crippen molar-refractivity contribution in [3.63, 3.8) is 0 Å². The normalized spacial score (nSPS) is 12.4. The number of aromatic nitrogens is 1. The molecule has 0 aliphatic rings. The quantitative estimate of drug-likeness (QED) is 0.580. The molecule has 0 saturated heterocycles. The highest BCUT2D eigenvalue weighted by atomic mass is 32.1. The second-order valence-electron chi connectivity index (χ2n) is 4.31.